The van der Waals surface area contributed by atoms with Gasteiger partial charge in [-0.15, -0.1) is 0 Å². The first-order valence-electron chi connectivity index (χ1n) is 5.89. The Bertz CT molecular complexity index is 839. The zero-order chi connectivity index (χ0) is 17.8. The number of nitrogen functional groups attached to an aromatic ring is 1. The van der Waals surface area contributed by atoms with E-state index in [2.05, 4.69) is 0 Å². The fourth-order valence-corrected chi connectivity index (χ4v) is 1.88. The van der Waals surface area contributed by atoms with Crippen molar-refractivity contribution in [3.8, 4) is 5.75 Å². The number of carbonyl (C=O) groups is 1. The molecule has 0 bridgehead atoms. The number of aromatic hydroxyl groups is 1. The van der Waals surface area contributed by atoms with E-state index in [0.29, 0.717) is 0 Å². The molecule has 0 radical (unpaired) electrons. The maximum Gasteiger partial charge on any atom is 0.335 e. The summed E-state index contributed by atoms with van der Waals surface area (Å²) >= 11 is 0. The van der Waals surface area contributed by atoms with Gasteiger partial charge in [0.1, 0.15) is 5.75 Å². The molecule has 0 spiro atoms. The van der Waals surface area contributed by atoms with Crippen LogP contribution in [0.5, 0.6) is 5.75 Å². The summed E-state index contributed by atoms with van der Waals surface area (Å²) in [6, 6.07) is 3.74. The van der Waals surface area contributed by atoms with Crippen LogP contribution in [0.25, 0.3) is 0 Å². The van der Waals surface area contributed by atoms with Gasteiger partial charge < -0.3 is 15.9 Å². The SMILES string of the molecule is N=C1C=CC(S(=O)(=O)O)=CC1=N.Nc1cc(C(=O)O)ccc1O. The Balaban J connectivity index is 0.000000231. The van der Waals surface area contributed by atoms with E-state index < -0.39 is 16.1 Å². The third kappa shape index (κ3) is 5.05. The van der Waals surface area contributed by atoms with Gasteiger partial charge in [-0.1, -0.05) is 0 Å². The molecule has 1 aromatic rings. The van der Waals surface area contributed by atoms with E-state index in [4.69, 9.17) is 31.3 Å². The highest BCUT2D eigenvalue weighted by atomic mass is 32.2. The number of allylic oxidation sites excluding steroid dienone is 3. The predicted octanol–water partition coefficient (Wildman–Crippen LogP) is 1.04. The summed E-state index contributed by atoms with van der Waals surface area (Å²) in [6.45, 7) is 0. The van der Waals surface area contributed by atoms with Gasteiger partial charge >= 0.3 is 5.97 Å². The number of phenols is 1. The minimum atomic E-state index is -4.25. The number of carboxylic acids is 1. The Morgan fingerprint density at radius 3 is 2.17 bits per heavy atom. The van der Waals surface area contributed by atoms with Crippen LogP contribution in [0.3, 0.4) is 0 Å². The van der Waals surface area contributed by atoms with Gasteiger partial charge in [-0.2, -0.15) is 8.42 Å². The third-order valence-electron chi connectivity index (χ3n) is 2.56. The molecule has 0 fully saturated rings. The highest BCUT2D eigenvalue weighted by Crippen LogP contribution is 2.20. The van der Waals surface area contributed by atoms with Crippen molar-refractivity contribution in [3.63, 3.8) is 0 Å². The zero-order valence-electron chi connectivity index (χ0n) is 11.5. The molecule has 1 aliphatic carbocycles. The molecule has 0 atom stereocenters. The van der Waals surface area contributed by atoms with Crippen molar-refractivity contribution < 1.29 is 28.0 Å². The number of hydrogen-bond acceptors (Lipinski definition) is 7. The van der Waals surface area contributed by atoms with Crippen molar-refractivity contribution in [2.24, 2.45) is 0 Å². The Morgan fingerprint density at radius 1 is 1.13 bits per heavy atom. The number of nitrogens with one attached hydrogen (secondary N) is 2. The van der Waals surface area contributed by atoms with Gasteiger partial charge in [-0.25, -0.2) is 4.79 Å². The predicted molar refractivity (Wildman–Crippen MR) is 83.7 cm³/mol. The van der Waals surface area contributed by atoms with Crippen molar-refractivity contribution >= 4 is 33.2 Å². The van der Waals surface area contributed by atoms with E-state index in [1.54, 1.807) is 0 Å². The van der Waals surface area contributed by atoms with Crippen LogP contribution in [0.1, 0.15) is 10.4 Å². The van der Waals surface area contributed by atoms with Gasteiger partial charge in [0.2, 0.25) is 0 Å². The number of aromatic carboxylic acids is 1. The fraction of sp³-hybridized carbons (Fsp3) is 0. The van der Waals surface area contributed by atoms with Gasteiger partial charge in [0.15, 0.2) is 0 Å². The molecule has 10 heteroatoms. The molecule has 0 aliphatic heterocycles. The summed E-state index contributed by atoms with van der Waals surface area (Å²) in [5.74, 6) is -1.16. The van der Waals surface area contributed by atoms with Gasteiger partial charge in [0.25, 0.3) is 10.1 Å². The molecule has 7 N–H and O–H groups in total. The summed E-state index contributed by atoms with van der Waals surface area (Å²) in [5, 5.41) is 31.5. The summed E-state index contributed by atoms with van der Waals surface area (Å²) in [5.41, 5.74) is 5.08. The lowest BCUT2D eigenvalue weighted by Crippen LogP contribution is -2.13. The van der Waals surface area contributed by atoms with Gasteiger partial charge in [0, 0.05) is 0 Å². The maximum atomic E-state index is 10.5. The average molecular weight is 339 g/mol. The van der Waals surface area contributed by atoms with Crippen LogP contribution in [-0.4, -0.2) is 40.6 Å². The second-order valence-electron chi connectivity index (χ2n) is 4.26. The Morgan fingerprint density at radius 2 is 1.74 bits per heavy atom. The summed E-state index contributed by atoms with van der Waals surface area (Å²) in [6.07, 6.45) is 3.15. The summed E-state index contributed by atoms with van der Waals surface area (Å²) in [7, 11) is -4.25. The van der Waals surface area contributed by atoms with Crippen molar-refractivity contribution in [2.45, 2.75) is 0 Å². The monoisotopic (exact) mass is 339 g/mol. The van der Waals surface area contributed by atoms with Gasteiger partial charge in [-0.05, 0) is 36.4 Å². The summed E-state index contributed by atoms with van der Waals surface area (Å²) in [4.78, 5) is 9.97. The van der Waals surface area contributed by atoms with E-state index in [1.165, 1.54) is 18.2 Å². The Kier molecular flexibility index (Phi) is 5.38. The lowest BCUT2D eigenvalue weighted by Gasteiger charge is -2.04. The molecule has 1 aliphatic rings. The quantitative estimate of drug-likeness (QED) is 0.201. The molecule has 23 heavy (non-hydrogen) atoms. The first kappa shape index (κ1) is 18.1. The van der Waals surface area contributed by atoms with Crippen LogP contribution in [0.4, 0.5) is 5.69 Å². The van der Waals surface area contributed by atoms with Gasteiger partial charge in [0.05, 0.1) is 27.6 Å². The van der Waals surface area contributed by atoms with Crippen LogP contribution in [0, 0.1) is 10.8 Å². The van der Waals surface area contributed by atoms with Crippen LogP contribution in [0.15, 0.2) is 41.3 Å². The van der Waals surface area contributed by atoms with E-state index in [1.807, 2.05) is 0 Å². The first-order valence-corrected chi connectivity index (χ1v) is 7.33. The van der Waals surface area contributed by atoms with E-state index in [0.717, 1.165) is 18.2 Å². The van der Waals surface area contributed by atoms with Crippen LogP contribution in [0.2, 0.25) is 0 Å². The smallest absolute Gasteiger partial charge is 0.335 e. The number of carboxylic acid groups (broad SMARTS) is 1. The third-order valence-corrected chi connectivity index (χ3v) is 3.41. The Labute approximate surface area is 131 Å². The highest BCUT2D eigenvalue weighted by molar-refractivity contribution is 7.90. The number of phenolic OH excluding ortho intramolecular Hbond substituents is 1. The van der Waals surface area contributed by atoms with Crippen molar-refractivity contribution in [3.05, 3.63) is 46.9 Å². The maximum absolute atomic E-state index is 10.5. The minimum absolute atomic E-state index is 0.0697. The number of nitrogens with two attached hydrogens (primary N) is 1. The number of rotatable bonds is 2. The van der Waals surface area contributed by atoms with Crippen LogP contribution in [-0.2, 0) is 10.1 Å². The topological polar surface area (TPSA) is 186 Å². The minimum Gasteiger partial charge on any atom is -0.506 e. The summed E-state index contributed by atoms with van der Waals surface area (Å²) < 4.78 is 29.5. The van der Waals surface area contributed by atoms with E-state index in [-0.39, 0.29) is 33.3 Å². The molecule has 1 aromatic carbocycles. The van der Waals surface area contributed by atoms with Crippen LogP contribution >= 0.6 is 0 Å². The average Bonchev–Trinajstić information content (AvgIpc) is 2.44. The Hall–Kier alpha value is -2.98. The number of anilines is 1. The molecule has 0 saturated heterocycles. The van der Waals surface area contributed by atoms with Gasteiger partial charge in [-0.3, -0.25) is 15.4 Å². The molecular weight excluding hydrogens is 326 g/mol. The molecular formula is C13H13N3O6S. The molecule has 2 rings (SSSR count). The second-order valence-corrected chi connectivity index (χ2v) is 5.68. The first-order chi connectivity index (χ1) is 10.5. The van der Waals surface area contributed by atoms with E-state index >= 15 is 0 Å². The fourth-order valence-electron chi connectivity index (χ4n) is 1.37. The molecule has 0 amide bonds. The number of benzene rings is 1. The molecule has 122 valence electrons. The molecule has 0 saturated carbocycles. The lowest BCUT2D eigenvalue weighted by molar-refractivity contribution is 0.0697. The van der Waals surface area contributed by atoms with Crippen molar-refractivity contribution in [1.29, 1.82) is 10.8 Å². The van der Waals surface area contributed by atoms with Crippen molar-refractivity contribution in [2.75, 3.05) is 5.73 Å². The molecule has 0 heterocycles. The van der Waals surface area contributed by atoms with Crippen LogP contribution < -0.4 is 5.73 Å². The normalized spacial score (nSPS) is 13.9. The van der Waals surface area contributed by atoms with Crippen molar-refractivity contribution in [1.82, 2.24) is 0 Å². The molecule has 0 aromatic heterocycles. The van der Waals surface area contributed by atoms with E-state index in [9.17, 15) is 13.2 Å². The second kappa shape index (κ2) is 6.85. The lowest BCUT2D eigenvalue weighted by atomic mass is 10.1. The standard InChI is InChI=1S/C7H7NO3.C6H6N2O3S/c8-5-3-4(7(10)11)1-2-6(5)9;7-5-2-1-4(3-6(5)8)12(9,10)11/h1-3,9H,8H2,(H,10,11);1-3,7-8H,(H,9,10,11). The molecule has 0 unspecified atom stereocenters. The molecule has 9 nitrogen and oxygen atoms in total. The number of hydrogen-bond donors (Lipinski definition) is 6. The zero-order valence-corrected chi connectivity index (χ0v) is 12.3. The highest BCUT2D eigenvalue weighted by Gasteiger charge is 2.16. The largest absolute Gasteiger partial charge is 0.506 e.